The summed E-state index contributed by atoms with van der Waals surface area (Å²) in [6.45, 7) is 7.91. The van der Waals surface area contributed by atoms with Crippen LogP contribution in [0.1, 0.15) is 39.5 Å². The predicted octanol–water partition coefficient (Wildman–Crippen LogP) is 2.91. The summed E-state index contributed by atoms with van der Waals surface area (Å²) in [5, 5.41) is 0.864. The Morgan fingerprint density at radius 3 is 2.71 bits per heavy atom. The van der Waals surface area contributed by atoms with Crippen LogP contribution in [-0.2, 0) is 0 Å². The molecule has 0 aliphatic carbocycles. The van der Waals surface area contributed by atoms with E-state index in [1.54, 1.807) is 0 Å². The van der Waals surface area contributed by atoms with E-state index in [1.165, 1.54) is 32.4 Å². The van der Waals surface area contributed by atoms with Crippen molar-refractivity contribution in [3.8, 4) is 0 Å². The summed E-state index contributed by atoms with van der Waals surface area (Å²) in [7, 11) is 0. The topological polar surface area (TPSA) is 29.3 Å². The highest BCUT2D eigenvalue weighted by atomic mass is 32.2. The molecule has 0 radical (unpaired) electrons. The highest BCUT2D eigenvalue weighted by Gasteiger charge is 2.23. The molecule has 1 aliphatic rings. The Balaban J connectivity index is 2.35. The summed E-state index contributed by atoms with van der Waals surface area (Å²) in [6, 6.07) is 0. The van der Waals surface area contributed by atoms with Crippen molar-refractivity contribution < 1.29 is 0 Å². The van der Waals surface area contributed by atoms with Crippen LogP contribution in [0.3, 0.4) is 0 Å². The molecule has 1 fully saturated rings. The number of nitrogens with two attached hydrogens (primary N) is 1. The predicted molar refractivity (Wildman–Crippen MR) is 82.8 cm³/mol. The first-order valence-electron chi connectivity index (χ1n) is 6.51. The second-order valence-electron chi connectivity index (χ2n) is 5.63. The van der Waals surface area contributed by atoms with Crippen molar-refractivity contribution in [2.75, 3.05) is 25.9 Å². The quantitative estimate of drug-likeness (QED) is 0.781. The molecule has 17 heavy (non-hydrogen) atoms. The molecule has 1 aliphatic heterocycles. The fourth-order valence-electron chi connectivity index (χ4n) is 2.15. The Kier molecular flexibility index (Phi) is 6.24. The summed E-state index contributed by atoms with van der Waals surface area (Å²) in [4.78, 5) is 3.23. The molecule has 1 atom stereocenters. The van der Waals surface area contributed by atoms with Crippen molar-refractivity contribution in [2.24, 2.45) is 11.1 Å². The molecule has 1 unspecified atom stereocenters. The smallest absolute Gasteiger partial charge is 0.0784 e. The van der Waals surface area contributed by atoms with Gasteiger partial charge in [0.25, 0.3) is 0 Å². The summed E-state index contributed by atoms with van der Waals surface area (Å²) in [5.41, 5.74) is 5.77. The Morgan fingerprint density at radius 2 is 2.12 bits per heavy atom. The summed E-state index contributed by atoms with van der Waals surface area (Å²) in [6.07, 6.45) is 7.34. The Morgan fingerprint density at radius 1 is 1.41 bits per heavy atom. The maximum Gasteiger partial charge on any atom is 0.0784 e. The van der Waals surface area contributed by atoms with Crippen LogP contribution in [0.4, 0.5) is 0 Å². The highest BCUT2D eigenvalue weighted by molar-refractivity contribution is 7.99. The largest absolute Gasteiger partial charge is 0.393 e. The maximum atomic E-state index is 5.77. The zero-order chi connectivity index (χ0) is 12.9. The van der Waals surface area contributed by atoms with Gasteiger partial charge in [0.2, 0.25) is 0 Å². The maximum absolute atomic E-state index is 5.77. The zero-order valence-electron chi connectivity index (χ0n) is 11.4. The van der Waals surface area contributed by atoms with E-state index in [0.717, 1.165) is 18.2 Å². The number of rotatable bonds is 5. The van der Waals surface area contributed by atoms with Crippen molar-refractivity contribution in [1.29, 1.82) is 0 Å². The Hall–Kier alpha value is 0.200. The van der Waals surface area contributed by atoms with Crippen molar-refractivity contribution >= 4 is 29.0 Å². The molecular formula is C13H26N2S2. The van der Waals surface area contributed by atoms with E-state index >= 15 is 0 Å². The molecule has 2 N–H and O–H groups in total. The zero-order valence-corrected chi connectivity index (χ0v) is 13.0. The van der Waals surface area contributed by atoms with Gasteiger partial charge in [0.15, 0.2) is 0 Å². The average Bonchev–Trinajstić information content (AvgIpc) is 2.51. The van der Waals surface area contributed by atoms with Gasteiger partial charge in [0, 0.05) is 10.7 Å². The van der Waals surface area contributed by atoms with E-state index in [2.05, 4.69) is 25.0 Å². The van der Waals surface area contributed by atoms with E-state index in [9.17, 15) is 0 Å². The lowest BCUT2D eigenvalue weighted by Crippen LogP contribution is -2.35. The number of likely N-dealkylation sites (tertiary alicyclic amines) is 1. The van der Waals surface area contributed by atoms with Gasteiger partial charge in [-0.05, 0) is 51.6 Å². The fraction of sp³-hybridized carbons (Fsp3) is 0.923. The van der Waals surface area contributed by atoms with Crippen LogP contribution in [0, 0.1) is 5.41 Å². The molecule has 1 saturated heterocycles. The Bertz CT molecular complexity index is 254. The van der Waals surface area contributed by atoms with Gasteiger partial charge in [-0.15, -0.1) is 0 Å². The first kappa shape index (κ1) is 15.3. The second kappa shape index (κ2) is 6.95. The first-order valence-corrected chi connectivity index (χ1v) is 8.20. The van der Waals surface area contributed by atoms with Gasteiger partial charge in [-0.25, -0.2) is 0 Å². The van der Waals surface area contributed by atoms with E-state index in [1.807, 2.05) is 11.8 Å². The van der Waals surface area contributed by atoms with Gasteiger partial charge in [0.05, 0.1) is 4.99 Å². The molecule has 0 bridgehead atoms. The third kappa shape index (κ3) is 5.14. The van der Waals surface area contributed by atoms with Crippen LogP contribution in [0.25, 0.3) is 0 Å². The standard InChI is InChI=1S/C13H26N2S2/c1-13(2,12(14)16)7-10-15-8-4-5-11(17-3)6-9-15/h11H,4-10H2,1-3H3,(H2,14,16). The highest BCUT2D eigenvalue weighted by Crippen LogP contribution is 2.24. The van der Waals surface area contributed by atoms with Crippen LogP contribution in [0.2, 0.25) is 0 Å². The summed E-state index contributed by atoms with van der Waals surface area (Å²) in [5.74, 6) is 0. The molecule has 100 valence electrons. The van der Waals surface area contributed by atoms with E-state index in [4.69, 9.17) is 18.0 Å². The molecule has 2 nitrogen and oxygen atoms in total. The van der Waals surface area contributed by atoms with Gasteiger partial charge >= 0.3 is 0 Å². The fourth-order valence-corrected chi connectivity index (χ4v) is 2.99. The molecule has 0 aromatic heterocycles. The third-order valence-electron chi connectivity index (χ3n) is 3.82. The van der Waals surface area contributed by atoms with E-state index in [0.29, 0.717) is 4.99 Å². The van der Waals surface area contributed by atoms with E-state index in [-0.39, 0.29) is 5.41 Å². The van der Waals surface area contributed by atoms with Crippen molar-refractivity contribution in [2.45, 2.75) is 44.8 Å². The average molecular weight is 274 g/mol. The lowest BCUT2D eigenvalue weighted by Gasteiger charge is -2.27. The molecule has 0 aromatic rings. The minimum absolute atomic E-state index is 0.000541. The molecule has 1 heterocycles. The number of thiocarbonyl (C=S) groups is 1. The third-order valence-corrected chi connectivity index (χ3v) is 5.51. The summed E-state index contributed by atoms with van der Waals surface area (Å²) >= 11 is 7.14. The van der Waals surface area contributed by atoms with Crippen LogP contribution in [0.15, 0.2) is 0 Å². The van der Waals surface area contributed by atoms with Crippen LogP contribution >= 0.6 is 24.0 Å². The van der Waals surface area contributed by atoms with Gasteiger partial charge in [0.1, 0.15) is 0 Å². The molecule has 0 spiro atoms. The molecule has 4 heteroatoms. The minimum atomic E-state index is 0.000541. The molecule has 1 rings (SSSR count). The molecular weight excluding hydrogens is 248 g/mol. The van der Waals surface area contributed by atoms with Gasteiger partial charge < -0.3 is 10.6 Å². The Labute approximate surface area is 116 Å². The van der Waals surface area contributed by atoms with Gasteiger partial charge in [-0.1, -0.05) is 26.1 Å². The monoisotopic (exact) mass is 274 g/mol. The minimum Gasteiger partial charge on any atom is -0.393 e. The second-order valence-corrected chi connectivity index (χ2v) is 7.21. The lowest BCUT2D eigenvalue weighted by atomic mass is 9.89. The normalized spacial score (nSPS) is 23.4. The van der Waals surface area contributed by atoms with Crippen LogP contribution in [0.5, 0.6) is 0 Å². The van der Waals surface area contributed by atoms with E-state index < -0.39 is 0 Å². The summed E-state index contributed by atoms with van der Waals surface area (Å²) < 4.78 is 0. The van der Waals surface area contributed by atoms with Crippen molar-refractivity contribution in [1.82, 2.24) is 4.90 Å². The lowest BCUT2D eigenvalue weighted by molar-refractivity contribution is 0.255. The molecule has 0 saturated carbocycles. The number of hydrogen-bond acceptors (Lipinski definition) is 3. The van der Waals surface area contributed by atoms with Crippen LogP contribution < -0.4 is 5.73 Å². The van der Waals surface area contributed by atoms with Gasteiger partial charge in [-0.3, -0.25) is 0 Å². The van der Waals surface area contributed by atoms with Crippen molar-refractivity contribution in [3.63, 3.8) is 0 Å². The molecule has 0 aromatic carbocycles. The van der Waals surface area contributed by atoms with Crippen molar-refractivity contribution in [3.05, 3.63) is 0 Å². The van der Waals surface area contributed by atoms with Crippen LogP contribution in [-0.4, -0.2) is 41.0 Å². The first-order chi connectivity index (χ1) is 7.95. The number of thioether (sulfide) groups is 1. The SMILES string of the molecule is CSC1CCCN(CCC(C)(C)C(N)=S)CC1. The molecule has 0 amide bonds. The number of nitrogens with zero attached hydrogens (tertiary/aromatic N) is 1. The number of hydrogen-bond donors (Lipinski definition) is 1. The van der Waals surface area contributed by atoms with Gasteiger partial charge in [-0.2, -0.15) is 11.8 Å².